The zero-order valence-corrected chi connectivity index (χ0v) is 17.8. The molecule has 2 amide bonds. The van der Waals surface area contributed by atoms with Crippen LogP contribution < -0.4 is 20.7 Å². The van der Waals surface area contributed by atoms with Crippen molar-refractivity contribution in [2.75, 3.05) is 36.9 Å². The summed E-state index contributed by atoms with van der Waals surface area (Å²) in [6.45, 7) is 4.22. The van der Waals surface area contributed by atoms with E-state index in [0.717, 1.165) is 25.2 Å². The highest BCUT2D eigenvalue weighted by Gasteiger charge is 2.15. The molecule has 0 aromatic heterocycles. The average Bonchev–Trinajstić information content (AvgIpc) is 3.24. The summed E-state index contributed by atoms with van der Waals surface area (Å²) in [5.74, 6) is 0.413. The molecule has 1 fully saturated rings. The molecule has 162 valence electrons. The lowest BCUT2D eigenvalue weighted by molar-refractivity contribution is -0.115. The third kappa shape index (κ3) is 7.33. The summed E-state index contributed by atoms with van der Waals surface area (Å²) >= 11 is 0. The number of anilines is 2. The number of benzene rings is 2. The van der Waals surface area contributed by atoms with Gasteiger partial charge in [-0.15, -0.1) is 12.4 Å². The van der Waals surface area contributed by atoms with Crippen LogP contribution in [0.1, 0.15) is 30.1 Å². The monoisotopic (exact) mass is 433 g/mol. The molecule has 0 aliphatic carbocycles. The molecule has 1 aliphatic rings. The predicted octanol–water partition coefficient (Wildman–Crippen LogP) is 3.47. The topological polar surface area (TPSA) is 88.7 Å². The summed E-state index contributed by atoms with van der Waals surface area (Å²) in [4.78, 5) is 24.4. The average molecular weight is 434 g/mol. The van der Waals surface area contributed by atoms with Gasteiger partial charge in [0.25, 0.3) is 5.91 Å². The fourth-order valence-corrected chi connectivity index (χ4v) is 3.07. The number of amides is 2. The lowest BCUT2D eigenvalue weighted by atomic mass is 10.2. The number of halogens is 1. The van der Waals surface area contributed by atoms with E-state index in [1.54, 1.807) is 36.4 Å². The molecule has 1 heterocycles. The minimum atomic E-state index is -0.217. The van der Waals surface area contributed by atoms with E-state index < -0.39 is 0 Å². The smallest absolute Gasteiger partial charge is 0.255 e. The van der Waals surface area contributed by atoms with Gasteiger partial charge in [-0.1, -0.05) is 0 Å². The third-order valence-electron chi connectivity index (χ3n) is 4.54. The van der Waals surface area contributed by atoms with Crippen molar-refractivity contribution in [2.24, 2.45) is 0 Å². The molecule has 0 radical (unpaired) electrons. The van der Waals surface area contributed by atoms with Crippen LogP contribution in [0.15, 0.2) is 48.5 Å². The van der Waals surface area contributed by atoms with E-state index in [2.05, 4.69) is 16.0 Å². The normalized spacial score (nSPS) is 15.2. The summed E-state index contributed by atoms with van der Waals surface area (Å²) in [6.07, 6.45) is 2.32. The lowest BCUT2D eigenvalue weighted by Gasteiger charge is -2.11. The molecule has 1 aliphatic heterocycles. The molecule has 2 aromatic rings. The maximum Gasteiger partial charge on any atom is 0.255 e. The van der Waals surface area contributed by atoms with Crippen molar-refractivity contribution >= 4 is 35.6 Å². The van der Waals surface area contributed by atoms with E-state index in [1.165, 1.54) is 0 Å². The quantitative estimate of drug-likeness (QED) is 0.563. The van der Waals surface area contributed by atoms with Gasteiger partial charge in [-0.05, 0) is 68.3 Å². The number of rotatable bonds is 9. The number of hydrogen-bond donors (Lipinski definition) is 3. The number of nitrogens with one attached hydrogen (secondary N) is 3. The molecule has 1 unspecified atom stereocenters. The summed E-state index contributed by atoms with van der Waals surface area (Å²) < 4.78 is 10.9. The highest BCUT2D eigenvalue weighted by atomic mass is 35.5. The minimum Gasteiger partial charge on any atom is -0.494 e. The molecule has 1 saturated heterocycles. The lowest BCUT2D eigenvalue weighted by Crippen LogP contribution is -2.33. The first-order valence-electron chi connectivity index (χ1n) is 9.90. The minimum absolute atomic E-state index is 0. The molecule has 8 heteroatoms. The fourth-order valence-electron chi connectivity index (χ4n) is 3.07. The first-order valence-corrected chi connectivity index (χ1v) is 9.90. The Kier molecular flexibility index (Phi) is 9.60. The van der Waals surface area contributed by atoms with Gasteiger partial charge < -0.3 is 25.4 Å². The third-order valence-corrected chi connectivity index (χ3v) is 4.54. The van der Waals surface area contributed by atoms with Crippen molar-refractivity contribution in [3.63, 3.8) is 0 Å². The van der Waals surface area contributed by atoms with Crippen LogP contribution in [0.3, 0.4) is 0 Å². The second-order valence-electron chi connectivity index (χ2n) is 6.80. The highest BCUT2D eigenvalue weighted by Crippen LogP contribution is 2.17. The van der Waals surface area contributed by atoms with Gasteiger partial charge in [0.1, 0.15) is 5.75 Å². The van der Waals surface area contributed by atoms with E-state index in [4.69, 9.17) is 9.47 Å². The van der Waals surface area contributed by atoms with Gasteiger partial charge in [-0.3, -0.25) is 9.59 Å². The summed E-state index contributed by atoms with van der Waals surface area (Å²) in [7, 11) is 0. The van der Waals surface area contributed by atoms with Crippen LogP contribution in [-0.2, 0) is 9.53 Å². The van der Waals surface area contributed by atoms with Gasteiger partial charge in [0.2, 0.25) is 5.91 Å². The number of carbonyl (C=O) groups is 2. The Labute approximate surface area is 182 Å². The second kappa shape index (κ2) is 12.2. The van der Waals surface area contributed by atoms with Gasteiger partial charge in [-0.2, -0.15) is 0 Å². The van der Waals surface area contributed by atoms with Gasteiger partial charge in [0, 0.05) is 30.1 Å². The van der Waals surface area contributed by atoms with Gasteiger partial charge >= 0.3 is 0 Å². The zero-order chi connectivity index (χ0) is 20.5. The Hall–Kier alpha value is -2.61. The van der Waals surface area contributed by atoms with E-state index in [-0.39, 0.29) is 36.9 Å². The Morgan fingerprint density at radius 3 is 2.33 bits per heavy atom. The molecule has 0 spiro atoms. The summed E-state index contributed by atoms with van der Waals surface area (Å²) in [5.41, 5.74) is 1.84. The van der Waals surface area contributed by atoms with Crippen molar-refractivity contribution < 1.29 is 19.1 Å². The van der Waals surface area contributed by atoms with Crippen molar-refractivity contribution in [1.82, 2.24) is 5.32 Å². The zero-order valence-electron chi connectivity index (χ0n) is 17.0. The SMILES string of the molecule is CCOc1ccc(NC(=O)c2ccc(NC(=O)CNCC3CCCO3)cc2)cc1.Cl. The van der Waals surface area contributed by atoms with Crippen molar-refractivity contribution in [3.05, 3.63) is 54.1 Å². The molecular weight excluding hydrogens is 406 g/mol. The van der Waals surface area contributed by atoms with Crippen LogP contribution >= 0.6 is 12.4 Å². The number of hydrogen-bond acceptors (Lipinski definition) is 5. The predicted molar refractivity (Wildman–Crippen MR) is 120 cm³/mol. The van der Waals surface area contributed by atoms with E-state index in [1.807, 2.05) is 19.1 Å². The number of carbonyl (C=O) groups excluding carboxylic acids is 2. The maximum absolute atomic E-state index is 12.4. The number of ether oxygens (including phenoxy) is 2. The van der Waals surface area contributed by atoms with Crippen molar-refractivity contribution in [3.8, 4) is 5.75 Å². The molecule has 3 N–H and O–H groups in total. The first kappa shape index (κ1) is 23.7. The highest BCUT2D eigenvalue weighted by molar-refractivity contribution is 6.04. The molecule has 0 saturated carbocycles. The van der Waals surface area contributed by atoms with Crippen molar-refractivity contribution in [2.45, 2.75) is 25.9 Å². The van der Waals surface area contributed by atoms with E-state index in [0.29, 0.717) is 30.1 Å². The largest absolute Gasteiger partial charge is 0.494 e. The molecular formula is C22H28ClN3O4. The van der Waals surface area contributed by atoms with Gasteiger partial charge in [0.05, 0.1) is 19.3 Å². The first-order chi connectivity index (χ1) is 14.1. The van der Waals surface area contributed by atoms with Crippen LogP contribution in [0.2, 0.25) is 0 Å². The molecule has 0 bridgehead atoms. The molecule has 1 atom stereocenters. The van der Waals surface area contributed by atoms with E-state index in [9.17, 15) is 9.59 Å². The fraction of sp³-hybridized carbons (Fsp3) is 0.364. The van der Waals surface area contributed by atoms with Crippen LogP contribution in [0, 0.1) is 0 Å². The van der Waals surface area contributed by atoms with Crippen molar-refractivity contribution in [1.29, 1.82) is 0 Å². The second-order valence-corrected chi connectivity index (χ2v) is 6.80. The molecule has 3 rings (SSSR count). The Balaban J connectivity index is 0.00000320. The van der Waals surface area contributed by atoms with Crippen LogP contribution in [0.4, 0.5) is 11.4 Å². The molecule has 2 aromatic carbocycles. The van der Waals surface area contributed by atoms with Crippen LogP contribution in [0.25, 0.3) is 0 Å². The summed E-state index contributed by atoms with van der Waals surface area (Å²) in [6, 6.07) is 14.0. The van der Waals surface area contributed by atoms with Crippen LogP contribution in [0.5, 0.6) is 5.75 Å². The summed E-state index contributed by atoms with van der Waals surface area (Å²) in [5, 5.41) is 8.76. The Morgan fingerprint density at radius 2 is 1.70 bits per heavy atom. The molecule has 7 nitrogen and oxygen atoms in total. The van der Waals surface area contributed by atoms with Crippen LogP contribution in [-0.4, -0.2) is 44.2 Å². The Morgan fingerprint density at radius 1 is 1.03 bits per heavy atom. The molecule has 30 heavy (non-hydrogen) atoms. The van der Waals surface area contributed by atoms with Gasteiger partial charge in [0.15, 0.2) is 0 Å². The van der Waals surface area contributed by atoms with Gasteiger partial charge in [-0.25, -0.2) is 0 Å². The standard InChI is InChI=1S/C22H27N3O4.ClH/c1-2-28-19-11-9-18(10-12-19)25-22(27)16-5-7-17(8-6-16)24-21(26)15-23-14-20-4-3-13-29-20;/h5-12,20,23H,2-4,13-15H2,1H3,(H,24,26)(H,25,27);1H. The maximum atomic E-state index is 12.4. The van der Waals surface area contributed by atoms with E-state index >= 15 is 0 Å². The Bertz CT molecular complexity index is 806.